The zero-order valence-electron chi connectivity index (χ0n) is 13.4. The first-order valence-corrected chi connectivity index (χ1v) is 7.57. The number of rotatable bonds is 1. The molecule has 0 N–H and O–H groups in total. The highest BCUT2D eigenvalue weighted by Gasteiger charge is 2.16. The molecule has 0 spiro atoms. The summed E-state index contributed by atoms with van der Waals surface area (Å²) in [5.41, 5.74) is 4.32. The minimum atomic E-state index is 0.0476. The molecule has 0 aliphatic carbocycles. The van der Waals surface area contributed by atoms with Gasteiger partial charge in [-0.2, -0.15) is 0 Å². The monoisotopic (exact) mass is 278 g/mol. The molecule has 0 unspecified atom stereocenters. The summed E-state index contributed by atoms with van der Waals surface area (Å²) >= 11 is 0. The number of pyridine rings is 2. The normalized spacial score (nSPS) is 12.5. The van der Waals surface area contributed by atoms with E-state index in [9.17, 15) is 0 Å². The van der Waals surface area contributed by atoms with Crippen molar-refractivity contribution in [2.24, 2.45) is 0 Å². The van der Waals surface area contributed by atoms with E-state index in [0.717, 1.165) is 33.2 Å². The van der Waals surface area contributed by atoms with Gasteiger partial charge in [-0.3, -0.25) is 4.98 Å². The Hall–Kier alpha value is -1.96. The van der Waals surface area contributed by atoms with Gasteiger partial charge in [0, 0.05) is 27.6 Å². The number of hydrogen-bond acceptors (Lipinski definition) is 2. The Bertz CT molecular complexity index is 811. The molecule has 108 valence electrons. The van der Waals surface area contributed by atoms with Gasteiger partial charge in [0.1, 0.15) is 0 Å². The predicted octanol–water partition coefficient (Wildman–Crippen LogP) is 5.20. The minimum absolute atomic E-state index is 0.0476. The lowest BCUT2D eigenvalue weighted by Gasteiger charge is -2.18. The Morgan fingerprint density at radius 3 is 1.86 bits per heavy atom. The lowest BCUT2D eigenvalue weighted by molar-refractivity contribution is 0.571. The summed E-state index contributed by atoms with van der Waals surface area (Å²) in [5, 5.41) is 2.31. The van der Waals surface area contributed by atoms with Crippen LogP contribution < -0.4 is 0 Å². The second-order valence-electron chi connectivity index (χ2n) is 7.05. The van der Waals surface area contributed by atoms with Crippen LogP contribution in [0.15, 0.2) is 36.4 Å². The van der Waals surface area contributed by atoms with Gasteiger partial charge >= 0.3 is 0 Å². The first-order chi connectivity index (χ1) is 9.86. The van der Waals surface area contributed by atoms with Gasteiger partial charge in [0.25, 0.3) is 0 Å². The van der Waals surface area contributed by atoms with E-state index in [1.165, 1.54) is 0 Å². The maximum atomic E-state index is 4.91. The van der Waals surface area contributed by atoms with Gasteiger partial charge in [-0.1, -0.05) is 58.9 Å². The Morgan fingerprint density at radius 1 is 0.762 bits per heavy atom. The van der Waals surface area contributed by atoms with E-state index in [4.69, 9.17) is 9.97 Å². The fourth-order valence-electron chi connectivity index (χ4n) is 2.52. The van der Waals surface area contributed by atoms with Gasteiger partial charge in [0.05, 0.1) is 11.0 Å². The molecular weight excluding hydrogens is 256 g/mol. The van der Waals surface area contributed by atoms with Crippen LogP contribution in [0.4, 0.5) is 0 Å². The molecule has 2 aromatic heterocycles. The molecule has 3 aromatic rings. The molecule has 0 saturated heterocycles. The molecule has 2 heteroatoms. The molecule has 1 aromatic carbocycles. The number of hydrogen-bond donors (Lipinski definition) is 0. The smallest absolute Gasteiger partial charge is 0.0968 e. The highest BCUT2D eigenvalue weighted by molar-refractivity contribution is 6.02. The fourth-order valence-corrected chi connectivity index (χ4v) is 2.52. The SMILES string of the molecule is CC(C)c1ccc2ccc3ccc(C(C)(C)C)nc3c2n1. The second-order valence-corrected chi connectivity index (χ2v) is 7.05. The highest BCUT2D eigenvalue weighted by Crippen LogP contribution is 2.28. The first kappa shape index (κ1) is 14.0. The summed E-state index contributed by atoms with van der Waals surface area (Å²) < 4.78 is 0. The molecule has 3 rings (SSSR count). The van der Waals surface area contributed by atoms with Crippen LogP contribution in [0.25, 0.3) is 21.8 Å². The molecule has 0 radical (unpaired) electrons. The summed E-state index contributed by atoms with van der Waals surface area (Å²) in [4.78, 5) is 9.78. The first-order valence-electron chi connectivity index (χ1n) is 7.57. The van der Waals surface area contributed by atoms with Crippen molar-refractivity contribution in [2.75, 3.05) is 0 Å². The molecule has 0 fully saturated rings. The van der Waals surface area contributed by atoms with E-state index in [2.05, 4.69) is 71.0 Å². The number of fused-ring (bicyclic) bond motifs is 3. The molecular formula is C19H22N2. The Kier molecular flexibility index (Phi) is 3.20. The summed E-state index contributed by atoms with van der Waals surface area (Å²) in [7, 11) is 0. The Labute approximate surface area is 126 Å². The summed E-state index contributed by atoms with van der Waals surface area (Å²) in [5.74, 6) is 0.426. The third-order valence-electron chi connectivity index (χ3n) is 3.90. The third kappa shape index (κ3) is 2.51. The molecule has 2 nitrogen and oxygen atoms in total. The number of benzene rings is 1. The maximum absolute atomic E-state index is 4.91. The van der Waals surface area contributed by atoms with Crippen molar-refractivity contribution >= 4 is 21.8 Å². The van der Waals surface area contributed by atoms with E-state index in [1.807, 2.05) is 0 Å². The number of aromatic nitrogens is 2. The van der Waals surface area contributed by atoms with Crippen LogP contribution in [0.1, 0.15) is 51.9 Å². The van der Waals surface area contributed by atoms with Crippen molar-refractivity contribution < 1.29 is 0 Å². The van der Waals surface area contributed by atoms with Gasteiger partial charge in [0.2, 0.25) is 0 Å². The van der Waals surface area contributed by atoms with E-state index >= 15 is 0 Å². The molecule has 21 heavy (non-hydrogen) atoms. The van der Waals surface area contributed by atoms with Gasteiger partial charge in [-0.15, -0.1) is 0 Å². The third-order valence-corrected chi connectivity index (χ3v) is 3.90. The molecule has 0 saturated carbocycles. The van der Waals surface area contributed by atoms with Crippen molar-refractivity contribution in [1.82, 2.24) is 9.97 Å². The maximum Gasteiger partial charge on any atom is 0.0968 e. The average Bonchev–Trinajstić information content (AvgIpc) is 2.45. The molecule has 0 amide bonds. The van der Waals surface area contributed by atoms with Gasteiger partial charge in [-0.05, 0) is 18.1 Å². The summed E-state index contributed by atoms with van der Waals surface area (Å²) in [6.07, 6.45) is 0. The summed E-state index contributed by atoms with van der Waals surface area (Å²) in [6.45, 7) is 10.9. The Balaban J connectivity index is 2.36. The molecule has 0 atom stereocenters. The topological polar surface area (TPSA) is 25.8 Å². The van der Waals surface area contributed by atoms with Crippen LogP contribution in [0.2, 0.25) is 0 Å². The van der Waals surface area contributed by atoms with Crippen LogP contribution in [0.3, 0.4) is 0 Å². The van der Waals surface area contributed by atoms with Crippen molar-refractivity contribution in [1.29, 1.82) is 0 Å². The zero-order chi connectivity index (χ0) is 15.2. The van der Waals surface area contributed by atoms with E-state index < -0.39 is 0 Å². The minimum Gasteiger partial charge on any atom is -0.250 e. The molecule has 0 aliphatic heterocycles. The number of nitrogens with zero attached hydrogens (tertiary/aromatic N) is 2. The van der Waals surface area contributed by atoms with Crippen molar-refractivity contribution in [3.63, 3.8) is 0 Å². The fraction of sp³-hybridized carbons (Fsp3) is 0.368. The zero-order valence-corrected chi connectivity index (χ0v) is 13.4. The van der Waals surface area contributed by atoms with Crippen molar-refractivity contribution in [3.8, 4) is 0 Å². The lowest BCUT2D eigenvalue weighted by atomic mass is 9.91. The average molecular weight is 278 g/mol. The van der Waals surface area contributed by atoms with Gasteiger partial charge in [-0.25, -0.2) is 4.98 Å². The van der Waals surface area contributed by atoms with Crippen LogP contribution in [-0.4, -0.2) is 9.97 Å². The molecule has 2 heterocycles. The van der Waals surface area contributed by atoms with Crippen molar-refractivity contribution in [2.45, 2.75) is 46.0 Å². The van der Waals surface area contributed by atoms with Gasteiger partial charge in [0.15, 0.2) is 0 Å². The lowest BCUT2D eigenvalue weighted by Crippen LogP contribution is -2.13. The van der Waals surface area contributed by atoms with E-state index in [1.54, 1.807) is 0 Å². The largest absolute Gasteiger partial charge is 0.250 e. The quantitative estimate of drug-likeness (QED) is 0.571. The van der Waals surface area contributed by atoms with Crippen LogP contribution >= 0.6 is 0 Å². The van der Waals surface area contributed by atoms with Crippen LogP contribution in [0.5, 0.6) is 0 Å². The highest BCUT2D eigenvalue weighted by atomic mass is 14.8. The summed E-state index contributed by atoms with van der Waals surface area (Å²) in [6, 6.07) is 12.8. The Morgan fingerprint density at radius 2 is 1.29 bits per heavy atom. The van der Waals surface area contributed by atoms with Crippen molar-refractivity contribution in [3.05, 3.63) is 47.8 Å². The van der Waals surface area contributed by atoms with E-state index in [-0.39, 0.29) is 5.41 Å². The standard InChI is InChI=1S/C19H22N2/c1-12(2)15-10-8-13-6-7-14-9-11-16(19(3,4)5)21-18(14)17(13)20-15/h6-12H,1-5H3. The van der Waals surface area contributed by atoms with Crippen LogP contribution in [-0.2, 0) is 5.41 Å². The molecule has 0 aliphatic rings. The van der Waals surface area contributed by atoms with E-state index in [0.29, 0.717) is 5.92 Å². The molecule has 0 bridgehead atoms. The predicted molar refractivity (Wildman–Crippen MR) is 89.8 cm³/mol. The second kappa shape index (κ2) is 4.80. The van der Waals surface area contributed by atoms with Crippen LogP contribution in [0, 0.1) is 0 Å². The van der Waals surface area contributed by atoms with Gasteiger partial charge < -0.3 is 0 Å².